The summed E-state index contributed by atoms with van der Waals surface area (Å²) in [6.45, 7) is 3.77. The van der Waals surface area contributed by atoms with Gasteiger partial charge in [-0.05, 0) is 56.5 Å². The zero-order chi connectivity index (χ0) is 22.8. The van der Waals surface area contributed by atoms with Gasteiger partial charge in [0.2, 0.25) is 5.91 Å². The number of carbonyl (C=O) groups is 1. The molecule has 3 aromatic rings. The van der Waals surface area contributed by atoms with E-state index in [0.29, 0.717) is 33.7 Å². The van der Waals surface area contributed by atoms with E-state index >= 15 is 0 Å². The summed E-state index contributed by atoms with van der Waals surface area (Å²) in [5.41, 5.74) is 3.26. The molecule has 1 aromatic heterocycles. The first-order valence-corrected chi connectivity index (χ1v) is 11.1. The summed E-state index contributed by atoms with van der Waals surface area (Å²) >= 11 is 6.18. The van der Waals surface area contributed by atoms with Crippen LogP contribution in [-0.2, 0) is 11.3 Å². The minimum absolute atomic E-state index is 0.0358. The molecule has 0 bridgehead atoms. The van der Waals surface area contributed by atoms with Crippen LogP contribution in [0.3, 0.4) is 0 Å². The number of nitrogens with one attached hydrogen (secondary N) is 1. The summed E-state index contributed by atoms with van der Waals surface area (Å²) in [4.78, 5) is 30.8. The lowest BCUT2D eigenvalue weighted by atomic mass is 9.80. The fourth-order valence-electron chi connectivity index (χ4n) is 4.05. The van der Waals surface area contributed by atoms with E-state index in [1.807, 2.05) is 38.1 Å². The van der Waals surface area contributed by atoms with Crippen LogP contribution in [0.25, 0.3) is 22.3 Å². The van der Waals surface area contributed by atoms with Crippen LogP contribution in [-0.4, -0.2) is 33.2 Å². The third-order valence-corrected chi connectivity index (χ3v) is 5.83. The Labute approximate surface area is 191 Å². The number of rotatable bonds is 7. The number of hydrogen-bond acceptors (Lipinski definition) is 4. The monoisotopic (exact) mass is 451 g/mol. The van der Waals surface area contributed by atoms with Crippen molar-refractivity contribution in [2.45, 2.75) is 45.2 Å². The maximum Gasteiger partial charge on any atom is 0.262 e. The van der Waals surface area contributed by atoms with Crippen molar-refractivity contribution < 1.29 is 9.90 Å². The molecule has 1 amide bonds. The van der Waals surface area contributed by atoms with Crippen LogP contribution in [0, 0.1) is 0 Å². The van der Waals surface area contributed by atoms with Crippen LogP contribution in [0.5, 0.6) is 0 Å². The second-order valence-corrected chi connectivity index (χ2v) is 8.88. The first kappa shape index (κ1) is 22.2. The minimum atomic E-state index is -0.260. The minimum Gasteiger partial charge on any atom is -0.396 e. The van der Waals surface area contributed by atoms with Crippen LogP contribution in [0.4, 0.5) is 0 Å². The van der Waals surface area contributed by atoms with Crippen molar-refractivity contribution >= 4 is 28.4 Å². The van der Waals surface area contributed by atoms with E-state index < -0.39 is 0 Å². The maximum absolute atomic E-state index is 13.5. The molecule has 1 atom stereocenters. The largest absolute Gasteiger partial charge is 0.396 e. The molecule has 1 unspecified atom stereocenters. The molecule has 4 rings (SSSR count). The SMILES string of the molecule is CC(C)NC(=O)Cn1c(-c2cccc(Cl)c2)nc2ccc(C3C=C(CCO)C3)cc2c1=O. The number of aliphatic hydroxyl groups excluding tert-OH is 1. The Bertz CT molecular complexity index is 1260. The van der Waals surface area contributed by atoms with E-state index in [0.717, 1.165) is 12.0 Å². The average Bonchev–Trinajstić information content (AvgIpc) is 2.71. The van der Waals surface area contributed by atoms with Gasteiger partial charge in [-0.1, -0.05) is 41.4 Å². The van der Waals surface area contributed by atoms with Gasteiger partial charge in [0.25, 0.3) is 5.56 Å². The van der Waals surface area contributed by atoms with Gasteiger partial charge in [0.1, 0.15) is 12.4 Å². The Kier molecular flexibility index (Phi) is 6.44. The number of nitrogens with zero attached hydrogens (tertiary/aromatic N) is 2. The molecule has 0 fully saturated rings. The van der Waals surface area contributed by atoms with E-state index in [4.69, 9.17) is 21.7 Å². The first-order chi connectivity index (χ1) is 15.4. The van der Waals surface area contributed by atoms with Crippen molar-refractivity contribution in [3.05, 3.63) is 75.1 Å². The number of benzene rings is 2. The van der Waals surface area contributed by atoms with Crippen LogP contribution in [0.1, 0.15) is 38.2 Å². The van der Waals surface area contributed by atoms with Gasteiger partial charge in [-0.25, -0.2) is 4.98 Å². The summed E-state index contributed by atoms with van der Waals surface area (Å²) in [6, 6.07) is 12.8. The van der Waals surface area contributed by atoms with E-state index in [2.05, 4.69) is 11.4 Å². The van der Waals surface area contributed by atoms with Crippen molar-refractivity contribution in [2.75, 3.05) is 6.61 Å². The predicted octanol–water partition coefficient (Wildman–Crippen LogP) is 4.04. The van der Waals surface area contributed by atoms with E-state index in [-0.39, 0.29) is 36.6 Å². The van der Waals surface area contributed by atoms with Gasteiger partial charge in [-0.2, -0.15) is 0 Å². The van der Waals surface area contributed by atoms with Crippen LogP contribution in [0.15, 0.2) is 58.9 Å². The lowest BCUT2D eigenvalue weighted by Gasteiger charge is -2.26. The number of aromatic nitrogens is 2. The van der Waals surface area contributed by atoms with E-state index in [1.54, 1.807) is 18.2 Å². The molecule has 7 heteroatoms. The zero-order valence-electron chi connectivity index (χ0n) is 18.1. The smallest absolute Gasteiger partial charge is 0.262 e. The Balaban J connectivity index is 1.81. The summed E-state index contributed by atoms with van der Waals surface area (Å²) < 4.78 is 1.42. The quantitative estimate of drug-likeness (QED) is 0.531. The summed E-state index contributed by atoms with van der Waals surface area (Å²) in [7, 11) is 0. The topological polar surface area (TPSA) is 84.2 Å². The molecule has 1 aliphatic rings. The summed E-state index contributed by atoms with van der Waals surface area (Å²) in [5.74, 6) is 0.384. The fourth-order valence-corrected chi connectivity index (χ4v) is 4.24. The molecule has 1 aliphatic carbocycles. The third-order valence-electron chi connectivity index (χ3n) is 5.59. The lowest BCUT2D eigenvalue weighted by molar-refractivity contribution is -0.122. The molecule has 6 nitrogen and oxygen atoms in total. The molecule has 0 saturated heterocycles. The normalized spacial score (nSPS) is 15.5. The molecule has 0 spiro atoms. The van der Waals surface area contributed by atoms with Gasteiger partial charge in [0.15, 0.2) is 0 Å². The number of amides is 1. The van der Waals surface area contributed by atoms with Crippen molar-refractivity contribution in [2.24, 2.45) is 0 Å². The number of aliphatic hydroxyl groups is 1. The van der Waals surface area contributed by atoms with E-state index in [9.17, 15) is 9.59 Å². The molecule has 0 radical (unpaired) electrons. The van der Waals surface area contributed by atoms with Crippen LogP contribution in [0.2, 0.25) is 5.02 Å². The number of hydrogen-bond donors (Lipinski definition) is 2. The molecule has 0 aliphatic heterocycles. The number of fused-ring (bicyclic) bond motifs is 1. The average molecular weight is 452 g/mol. The summed E-state index contributed by atoms with van der Waals surface area (Å²) in [5, 5.41) is 12.9. The highest BCUT2D eigenvalue weighted by molar-refractivity contribution is 6.30. The number of carbonyl (C=O) groups excluding carboxylic acids is 1. The molecule has 0 saturated carbocycles. The van der Waals surface area contributed by atoms with Crippen molar-refractivity contribution in [1.82, 2.24) is 14.9 Å². The van der Waals surface area contributed by atoms with Gasteiger partial charge >= 0.3 is 0 Å². The standard InChI is InChI=1S/C25H26ClN3O3/c1-15(2)27-23(31)14-29-24(18-4-3-5-20(26)12-18)28-22-7-6-17(13-21(22)25(29)32)19-10-16(11-19)8-9-30/h3-7,10,12-13,15,19,30H,8-9,11,14H2,1-2H3,(H,27,31). The van der Waals surface area contributed by atoms with Gasteiger partial charge in [-0.15, -0.1) is 0 Å². The van der Waals surface area contributed by atoms with Gasteiger partial charge < -0.3 is 10.4 Å². The number of allylic oxidation sites excluding steroid dienone is 1. The Morgan fingerprint density at radius 2 is 2.06 bits per heavy atom. The van der Waals surface area contributed by atoms with Crippen molar-refractivity contribution in [1.29, 1.82) is 0 Å². The Morgan fingerprint density at radius 1 is 1.28 bits per heavy atom. The number of halogens is 1. The lowest BCUT2D eigenvalue weighted by Crippen LogP contribution is -2.37. The van der Waals surface area contributed by atoms with E-state index in [1.165, 1.54) is 10.1 Å². The zero-order valence-corrected chi connectivity index (χ0v) is 18.9. The molecule has 1 heterocycles. The highest BCUT2D eigenvalue weighted by Gasteiger charge is 2.22. The molecular formula is C25H26ClN3O3. The van der Waals surface area contributed by atoms with Gasteiger partial charge in [0.05, 0.1) is 10.9 Å². The van der Waals surface area contributed by atoms with Crippen LogP contribution >= 0.6 is 11.6 Å². The molecule has 2 aromatic carbocycles. The molecular weight excluding hydrogens is 426 g/mol. The van der Waals surface area contributed by atoms with Gasteiger partial charge in [-0.3, -0.25) is 14.2 Å². The summed E-state index contributed by atoms with van der Waals surface area (Å²) in [6.07, 6.45) is 3.71. The third kappa shape index (κ3) is 4.61. The Morgan fingerprint density at radius 3 is 2.75 bits per heavy atom. The van der Waals surface area contributed by atoms with Crippen molar-refractivity contribution in [3.8, 4) is 11.4 Å². The van der Waals surface area contributed by atoms with Crippen molar-refractivity contribution in [3.63, 3.8) is 0 Å². The van der Waals surface area contributed by atoms with Gasteiger partial charge in [0, 0.05) is 29.2 Å². The predicted molar refractivity (Wildman–Crippen MR) is 127 cm³/mol. The maximum atomic E-state index is 13.5. The fraction of sp³-hybridized carbons (Fsp3) is 0.320. The Hall–Kier alpha value is -2.96. The highest BCUT2D eigenvalue weighted by atomic mass is 35.5. The second-order valence-electron chi connectivity index (χ2n) is 8.44. The first-order valence-electron chi connectivity index (χ1n) is 10.8. The molecule has 32 heavy (non-hydrogen) atoms. The molecule has 2 N–H and O–H groups in total. The second kappa shape index (κ2) is 9.27. The highest BCUT2D eigenvalue weighted by Crippen LogP contribution is 2.37. The molecule has 166 valence electrons. The van der Waals surface area contributed by atoms with Crippen LogP contribution < -0.4 is 10.9 Å².